The Hall–Kier alpha value is -0.120. The first-order valence-corrected chi connectivity index (χ1v) is 13.3. The fraction of sp³-hybridized carbons (Fsp3) is 1.00. The van der Waals surface area contributed by atoms with Gasteiger partial charge in [0.2, 0.25) is 0 Å². The molecule has 6 aliphatic rings. The first kappa shape index (κ1) is 20.5. The number of rotatable bonds is 0. The molecule has 0 aromatic rings. The molecule has 0 radical (unpaired) electrons. The van der Waals surface area contributed by atoms with E-state index in [0.29, 0.717) is 34.7 Å². The summed E-state index contributed by atoms with van der Waals surface area (Å²) in [7, 11) is 0. The molecule has 4 aliphatic carbocycles. The molecule has 1 spiro atoms. The maximum absolute atomic E-state index is 10.3. The Kier molecular flexibility index (Phi) is 4.58. The van der Waals surface area contributed by atoms with Crippen LogP contribution >= 0.6 is 0 Å². The quantitative estimate of drug-likeness (QED) is 0.543. The lowest BCUT2D eigenvalue weighted by Crippen LogP contribution is -2.55. The molecule has 0 aromatic carbocycles. The number of hydrogen-bond acceptors (Lipinski definition) is 3. The van der Waals surface area contributed by atoms with Gasteiger partial charge in [-0.2, -0.15) is 0 Å². The third kappa shape index (κ3) is 2.61. The molecule has 170 valence electrons. The second-order valence-corrected chi connectivity index (χ2v) is 13.1. The molecule has 7 unspecified atom stereocenters. The van der Waals surface area contributed by atoms with Crippen LogP contribution in [0.5, 0.6) is 0 Å². The van der Waals surface area contributed by atoms with E-state index in [1.807, 2.05) is 0 Å². The van der Waals surface area contributed by atoms with Crippen molar-refractivity contribution in [2.75, 3.05) is 6.61 Å². The Balaban J connectivity index is 1.26. The first-order chi connectivity index (χ1) is 14.3. The second-order valence-electron chi connectivity index (χ2n) is 13.1. The summed E-state index contributed by atoms with van der Waals surface area (Å²) in [5, 5.41) is 10.3. The highest BCUT2D eigenvalue weighted by Gasteiger charge is 2.69. The zero-order chi connectivity index (χ0) is 20.9. The van der Waals surface area contributed by atoms with Crippen LogP contribution in [0, 0.1) is 52.3 Å². The predicted octanol–water partition coefficient (Wildman–Crippen LogP) is 5.79. The summed E-state index contributed by atoms with van der Waals surface area (Å²) >= 11 is 0. The van der Waals surface area contributed by atoms with Crippen LogP contribution in [0.25, 0.3) is 0 Å². The van der Waals surface area contributed by atoms with Crippen LogP contribution in [0.15, 0.2) is 0 Å². The molecular weight excluding hydrogens is 372 g/mol. The van der Waals surface area contributed by atoms with Crippen molar-refractivity contribution in [3.63, 3.8) is 0 Å². The van der Waals surface area contributed by atoms with Crippen LogP contribution in [-0.2, 0) is 9.47 Å². The summed E-state index contributed by atoms with van der Waals surface area (Å²) in [6.07, 6.45) is 12.9. The van der Waals surface area contributed by atoms with E-state index in [9.17, 15) is 5.11 Å². The van der Waals surface area contributed by atoms with Gasteiger partial charge >= 0.3 is 0 Å². The lowest BCUT2D eigenvalue weighted by atomic mass is 9.44. The molecule has 0 aromatic heterocycles. The van der Waals surface area contributed by atoms with Gasteiger partial charge in [-0.1, -0.05) is 27.7 Å². The van der Waals surface area contributed by atoms with E-state index in [1.165, 1.54) is 44.9 Å². The Morgan fingerprint density at radius 3 is 2.40 bits per heavy atom. The fourth-order valence-electron chi connectivity index (χ4n) is 10.3. The Bertz CT molecular complexity index is 684. The van der Waals surface area contributed by atoms with E-state index in [0.717, 1.165) is 49.5 Å². The van der Waals surface area contributed by atoms with E-state index in [-0.39, 0.29) is 11.9 Å². The lowest BCUT2D eigenvalue weighted by Gasteiger charge is -2.61. The number of aliphatic hydroxyl groups excluding tert-OH is 1. The molecule has 3 nitrogen and oxygen atoms in total. The van der Waals surface area contributed by atoms with E-state index >= 15 is 0 Å². The first-order valence-electron chi connectivity index (χ1n) is 13.3. The lowest BCUT2D eigenvalue weighted by molar-refractivity contribution is -0.273. The summed E-state index contributed by atoms with van der Waals surface area (Å²) < 4.78 is 13.4. The van der Waals surface area contributed by atoms with Crippen LogP contribution in [0.3, 0.4) is 0 Å². The number of fused-ring (bicyclic) bond motifs is 7. The van der Waals surface area contributed by atoms with Crippen LogP contribution in [0.4, 0.5) is 0 Å². The van der Waals surface area contributed by atoms with Crippen molar-refractivity contribution in [1.82, 2.24) is 0 Å². The second kappa shape index (κ2) is 6.70. The van der Waals surface area contributed by atoms with Crippen molar-refractivity contribution >= 4 is 0 Å². The number of aliphatic hydroxyl groups is 1. The summed E-state index contributed by atoms with van der Waals surface area (Å²) in [5.41, 5.74) is 0.899. The largest absolute Gasteiger partial charge is 0.393 e. The summed E-state index contributed by atoms with van der Waals surface area (Å²) in [6, 6.07) is 0. The highest BCUT2D eigenvalue weighted by atomic mass is 16.7. The van der Waals surface area contributed by atoms with Crippen molar-refractivity contribution < 1.29 is 14.6 Å². The maximum atomic E-state index is 10.3. The average molecular weight is 417 g/mol. The van der Waals surface area contributed by atoms with Crippen LogP contribution in [0.2, 0.25) is 0 Å². The summed E-state index contributed by atoms with van der Waals surface area (Å²) in [5.74, 6) is 4.93. The minimum Gasteiger partial charge on any atom is -0.393 e. The fourth-order valence-corrected chi connectivity index (χ4v) is 10.3. The van der Waals surface area contributed by atoms with Gasteiger partial charge in [0.1, 0.15) is 0 Å². The van der Waals surface area contributed by atoms with E-state index in [2.05, 4.69) is 27.7 Å². The van der Waals surface area contributed by atoms with E-state index < -0.39 is 0 Å². The molecular formula is C27H44O3. The van der Waals surface area contributed by atoms with Crippen molar-refractivity contribution in [1.29, 1.82) is 0 Å². The van der Waals surface area contributed by atoms with E-state index in [1.54, 1.807) is 0 Å². The average Bonchev–Trinajstić information content (AvgIpc) is 3.16. The van der Waals surface area contributed by atoms with Crippen LogP contribution in [0.1, 0.15) is 91.9 Å². The van der Waals surface area contributed by atoms with Gasteiger partial charge in [0.15, 0.2) is 5.79 Å². The zero-order valence-corrected chi connectivity index (χ0v) is 19.7. The minimum atomic E-state index is -0.282. The van der Waals surface area contributed by atoms with Gasteiger partial charge in [-0.15, -0.1) is 0 Å². The third-order valence-corrected chi connectivity index (χ3v) is 11.9. The van der Waals surface area contributed by atoms with Crippen molar-refractivity contribution in [2.24, 2.45) is 52.3 Å². The molecule has 2 heterocycles. The van der Waals surface area contributed by atoms with Crippen molar-refractivity contribution in [3.05, 3.63) is 0 Å². The predicted molar refractivity (Wildman–Crippen MR) is 118 cm³/mol. The molecule has 2 saturated heterocycles. The monoisotopic (exact) mass is 416 g/mol. The zero-order valence-electron chi connectivity index (χ0n) is 19.7. The van der Waals surface area contributed by atoms with Gasteiger partial charge < -0.3 is 14.6 Å². The highest BCUT2D eigenvalue weighted by molar-refractivity contribution is 5.15. The Morgan fingerprint density at radius 1 is 0.833 bits per heavy atom. The summed E-state index contributed by atoms with van der Waals surface area (Å²) in [6.45, 7) is 10.9. The van der Waals surface area contributed by atoms with Gasteiger partial charge in [0, 0.05) is 12.3 Å². The molecule has 6 fully saturated rings. The highest BCUT2D eigenvalue weighted by Crippen LogP contribution is 2.71. The molecule has 4 saturated carbocycles. The molecule has 12 atom stereocenters. The van der Waals surface area contributed by atoms with Gasteiger partial charge in [-0.25, -0.2) is 0 Å². The van der Waals surface area contributed by atoms with Gasteiger partial charge in [-0.05, 0) is 104 Å². The van der Waals surface area contributed by atoms with Crippen molar-refractivity contribution in [2.45, 2.75) is 110 Å². The molecule has 30 heavy (non-hydrogen) atoms. The Labute approximate surface area is 183 Å². The smallest absolute Gasteiger partial charge is 0.171 e. The normalized spacial score (nSPS) is 62.5. The third-order valence-electron chi connectivity index (χ3n) is 11.9. The number of ether oxygens (including phenoxy) is 2. The standard InChI is InChI=1S/C27H44O3/c1-16-7-12-27(29-15-16)17(2)24-23(30-27)14-22-20-6-5-18-13-19(28)8-10-25(18,3)21(20)9-11-26(22,24)4/h16-24,28H,5-15H2,1-4H3/t16?,17-,18-,19?,20?,21?,22?,23?,24?,25-,26-,27+/m0/s1. The molecule has 3 heteroatoms. The summed E-state index contributed by atoms with van der Waals surface area (Å²) in [4.78, 5) is 0. The van der Waals surface area contributed by atoms with Crippen LogP contribution in [-0.4, -0.2) is 29.7 Å². The van der Waals surface area contributed by atoms with Crippen LogP contribution < -0.4 is 0 Å². The number of hydrogen-bond donors (Lipinski definition) is 1. The molecule has 0 amide bonds. The molecule has 0 bridgehead atoms. The molecule has 1 N–H and O–H groups in total. The van der Waals surface area contributed by atoms with Gasteiger partial charge in [0.05, 0.1) is 18.8 Å². The van der Waals surface area contributed by atoms with Crippen molar-refractivity contribution in [3.8, 4) is 0 Å². The van der Waals surface area contributed by atoms with Gasteiger partial charge in [0.25, 0.3) is 0 Å². The maximum Gasteiger partial charge on any atom is 0.171 e. The Morgan fingerprint density at radius 2 is 1.63 bits per heavy atom. The molecule has 6 rings (SSSR count). The topological polar surface area (TPSA) is 38.7 Å². The van der Waals surface area contributed by atoms with Gasteiger partial charge in [-0.3, -0.25) is 0 Å². The molecule has 2 aliphatic heterocycles. The van der Waals surface area contributed by atoms with E-state index in [4.69, 9.17) is 9.47 Å². The SMILES string of the molecule is CC1CC[C@@]2(OC1)OC1CC3C4CC[C@H]5CC(O)CC[C@]5(C)C4CC[C@]3(C)C1[C@@H]2C. The minimum absolute atomic E-state index is 0.0389.